The summed E-state index contributed by atoms with van der Waals surface area (Å²) in [6.45, 7) is 1.37. The van der Waals surface area contributed by atoms with E-state index in [0.29, 0.717) is 25.7 Å². The van der Waals surface area contributed by atoms with Crippen LogP contribution in [0.15, 0.2) is 0 Å². The Kier molecular flexibility index (Phi) is 5.42. The van der Waals surface area contributed by atoms with E-state index in [-0.39, 0.29) is 12.6 Å². The van der Waals surface area contributed by atoms with E-state index in [1.807, 2.05) is 0 Å². The van der Waals surface area contributed by atoms with Crippen molar-refractivity contribution in [2.45, 2.75) is 25.3 Å². The van der Waals surface area contributed by atoms with Gasteiger partial charge >= 0.3 is 6.03 Å². The van der Waals surface area contributed by atoms with Crippen molar-refractivity contribution in [3.8, 4) is 0 Å². The summed E-state index contributed by atoms with van der Waals surface area (Å²) in [4.78, 5) is 13.3. The molecule has 1 saturated carbocycles. The molecule has 15 heavy (non-hydrogen) atoms. The maximum Gasteiger partial charge on any atom is 0.317 e. The van der Waals surface area contributed by atoms with E-state index in [4.69, 9.17) is 9.84 Å². The smallest absolute Gasteiger partial charge is 0.317 e. The Hall–Kier alpha value is -0.810. The minimum atomic E-state index is -0.0919. The first-order chi connectivity index (χ1) is 7.27. The summed E-state index contributed by atoms with van der Waals surface area (Å²) in [5.41, 5.74) is 0. The van der Waals surface area contributed by atoms with Crippen molar-refractivity contribution in [3.05, 3.63) is 0 Å². The SMILES string of the molecule is COCCN(CCO)C(=O)NC1CCC1. The number of ether oxygens (including phenoxy) is 1. The van der Waals surface area contributed by atoms with Gasteiger partial charge in [0.15, 0.2) is 0 Å². The zero-order valence-corrected chi connectivity index (χ0v) is 9.24. The Morgan fingerprint density at radius 2 is 2.27 bits per heavy atom. The zero-order chi connectivity index (χ0) is 11.1. The number of hydrogen-bond donors (Lipinski definition) is 2. The van der Waals surface area contributed by atoms with Crippen LogP contribution in [0.1, 0.15) is 19.3 Å². The molecule has 0 bridgehead atoms. The molecular weight excluding hydrogens is 196 g/mol. The highest BCUT2D eigenvalue weighted by atomic mass is 16.5. The zero-order valence-electron chi connectivity index (χ0n) is 9.24. The van der Waals surface area contributed by atoms with Gasteiger partial charge in [-0.2, -0.15) is 0 Å². The van der Waals surface area contributed by atoms with Crippen molar-refractivity contribution >= 4 is 6.03 Å². The van der Waals surface area contributed by atoms with Gasteiger partial charge in [0.05, 0.1) is 13.2 Å². The first-order valence-corrected chi connectivity index (χ1v) is 5.43. The summed E-state index contributed by atoms with van der Waals surface area (Å²) in [6, 6.07) is 0.243. The molecule has 1 rings (SSSR count). The average Bonchev–Trinajstić information content (AvgIpc) is 2.18. The number of nitrogens with zero attached hydrogens (tertiary/aromatic N) is 1. The van der Waals surface area contributed by atoms with Gasteiger partial charge in [-0.3, -0.25) is 0 Å². The monoisotopic (exact) mass is 216 g/mol. The van der Waals surface area contributed by atoms with Crippen molar-refractivity contribution in [1.82, 2.24) is 10.2 Å². The van der Waals surface area contributed by atoms with E-state index in [0.717, 1.165) is 12.8 Å². The quantitative estimate of drug-likeness (QED) is 0.666. The van der Waals surface area contributed by atoms with Gasteiger partial charge in [0.25, 0.3) is 0 Å². The number of urea groups is 1. The van der Waals surface area contributed by atoms with Gasteiger partial charge in [-0.25, -0.2) is 4.79 Å². The van der Waals surface area contributed by atoms with E-state index in [1.54, 1.807) is 12.0 Å². The van der Waals surface area contributed by atoms with Crippen LogP contribution >= 0.6 is 0 Å². The third kappa shape index (κ3) is 4.05. The number of carbonyl (C=O) groups excluding carboxylic acids is 1. The number of nitrogens with one attached hydrogen (secondary N) is 1. The molecule has 0 spiro atoms. The van der Waals surface area contributed by atoms with Gasteiger partial charge in [0.1, 0.15) is 0 Å². The maximum absolute atomic E-state index is 11.7. The highest BCUT2D eigenvalue weighted by Crippen LogP contribution is 2.18. The van der Waals surface area contributed by atoms with Crippen LogP contribution in [0.2, 0.25) is 0 Å². The van der Waals surface area contributed by atoms with Crippen molar-refractivity contribution in [1.29, 1.82) is 0 Å². The summed E-state index contributed by atoms with van der Waals surface area (Å²) < 4.78 is 4.91. The average molecular weight is 216 g/mol. The fourth-order valence-corrected chi connectivity index (χ4v) is 1.46. The molecular formula is C10H20N2O3. The van der Waals surface area contributed by atoms with Gasteiger partial charge in [-0.05, 0) is 19.3 Å². The van der Waals surface area contributed by atoms with Crippen LogP contribution in [0.4, 0.5) is 4.79 Å². The van der Waals surface area contributed by atoms with Crippen LogP contribution < -0.4 is 5.32 Å². The number of hydrogen-bond acceptors (Lipinski definition) is 3. The minimum absolute atomic E-state index is 0.0121. The molecule has 5 heteroatoms. The summed E-state index contributed by atoms with van der Waals surface area (Å²) >= 11 is 0. The number of amides is 2. The van der Waals surface area contributed by atoms with Gasteiger partial charge in [0.2, 0.25) is 0 Å². The van der Waals surface area contributed by atoms with E-state index in [2.05, 4.69) is 5.32 Å². The predicted molar refractivity (Wildman–Crippen MR) is 56.7 cm³/mol. The number of aliphatic hydroxyl groups excluding tert-OH is 1. The third-order valence-corrected chi connectivity index (χ3v) is 2.66. The van der Waals surface area contributed by atoms with Crippen LogP contribution in [-0.4, -0.2) is 55.5 Å². The second kappa shape index (κ2) is 6.63. The van der Waals surface area contributed by atoms with Gasteiger partial charge in [0, 0.05) is 26.2 Å². The third-order valence-electron chi connectivity index (χ3n) is 2.66. The number of methoxy groups -OCH3 is 1. The van der Waals surface area contributed by atoms with Gasteiger partial charge in [-0.15, -0.1) is 0 Å². The predicted octanol–water partition coefficient (Wildman–Crippen LogP) is 0.189. The molecule has 0 aromatic carbocycles. The first kappa shape index (κ1) is 12.3. The van der Waals surface area contributed by atoms with Gasteiger partial charge in [-0.1, -0.05) is 0 Å². The molecule has 2 amide bonds. The highest BCUT2D eigenvalue weighted by Gasteiger charge is 2.22. The molecule has 0 saturated heterocycles. The van der Waals surface area contributed by atoms with Gasteiger partial charge < -0.3 is 20.1 Å². The lowest BCUT2D eigenvalue weighted by molar-refractivity contribution is 0.132. The molecule has 1 aliphatic carbocycles. The molecule has 0 heterocycles. The Morgan fingerprint density at radius 3 is 2.73 bits per heavy atom. The second-order valence-electron chi connectivity index (χ2n) is 3.78. The van der Waals surface area contributed by atoms with E-state index < -0.39 is 0 Å². The Morgan fingerprint density at radius 1 is 1.53 bits per heavy atom. The second-order valence-corrected chi connectivity index (χ2v) is 3.78. The summed E-state index contributed by atoms with van der Waals surface area (Å²) in [6.07, 6.45) is 3.34. The summed E-state index contributed by atoms with van der Waals surface area (Å²) in [5, 5.41) is 11.8. The summed E-state index contributed by atoms with van der Waals surface area (Å²) in [5.74, 6) is 0. The lowest BCUT2D eigenvalue weighted by atomic mass is 9.93. The number of carbonyl (C=O) groups is 1. The van der Waals surface area contributed by atoms with Crippen LogP contribution in [0.5, 0.6) is 0 Å². The molecule has 5 nitrogen and oxygen atoms in total. The molecule has 0 aromatic rings. The fraction of sp³-hybridized carbons (Fsp3) is 0.900. The number of aliphatic hydroxyl groups is 1. The lowest BCUT2D eigenvalue weighted by Crippen LogP contribution is -2.49. The maximum atomic E-state index is 11.7. The van der Waals surface area contributed by atoms with E-state index in [1.165, 1.54) is 6.42 Å². The minimum Gasteiger partial charge on any atom is -0.395 e. The molecule has 88 valence electrons. The topological polar surface area (TPSA) is 61.8 Å². The Balaban J connectivity index is 2.28. The van der Waals surface area contributed by atoms with E-state index in [9.17, 15) is 4.79 Å². The highest BCUT2D eigenvalue weighted by molar-refractivity contribution is 5.74. The lowest BCUT2D eigenvalue weighted by Gasteiger charge is -2.30. The molecule has 0 atom stereocenters. The van der Waals surface area contributed by atoms with Crippen LogP contribution in [0.3, 0.4) is 0 Å². The number of rotatable bonds is 6. The van der Waals surface area contributed by atoms with Crippen molar-refractivity contribution < 1.29 is 14.6 Å². The first-order valence-electron chi connectivity index (χ1n) is 5.43. The normalized spacial score (nSPS) is 15.9. The molecule has 2 N–H and O–H groups in total. The molecule has 0 radical (unpaired) electrons. The standard InChI is InChI=1S/C10H20N2O3/c1-15-8-6-12(5-7-13)10(14)11-9-3-2-4-9/h9,13H,2-8H2,1H3,(H,11,14). The summed E-state index contributed by atoms with van der Waals surface area (Å²) in [7, 11) is 1.60. The molecule has 0 aromatic heterocycles. The largest absolute Gasteiger partial charge is 0.395 e. The van der Waals surface area contributed by atoms with Crippen LogP contribution in [0, 0.1) is 0 Å². The van der Waals surface area contributed by atoms with E-state index >= 15 is 0 Å². The Bertz CT molecular complexity index is 195. The van der Waals surface area contributed by atoms with Crippen molar-refractivity contribution in [2.24, 2.45) is 0 Å². The fourth-order valence-electron chi connectivity index (χ4n) is 1.46. The molecule has 0 aliphatic heterocycles. The van der Waals surface area contributed by atoms with Crippen LogP contribution in [0.25, 0.3) is 0 Å². The molecule has 1 aliphatic rings. The molecule has 0 unspecified atom stereocenters. The van der Waals surface area contributed by atoms with Crippen molar-refractivity contribution in [2.75, 3.05) is 33.4 Å². The van der Waals surface area contributed by atoms with Crippen LogP contribution in [-0.2, 0) is 4.74 Å². The molecule has 1 fully saturated rings. The van der Waals surface area contributed by atoms with Crippen molar-refractivity contribution in [3.63, 3.8) is 0 Å². The Labute approximate surface area is 90.4 Å².